The van der Waals surface area contributed by atoms with E-state index in [1.807, 2.05) is 30.3 Å². The molecule has 30 heavy (non-hydrogen) atoms. The number of nitrogens with one attached hydrogen (secondary N) is 2. The van der Waals surface area contributed by atoms with E-state index < -0.39 is 0 Å². The molecule has 1 atom stereocenters. The Morgan fingerprint density at radius 3 is 2.77 bits per heavy atom. The highest BCUT2D eigenvalue weighted by Crippen LogP contribution is 2.18. The van der Waals surface area contributed by atoms with Crippen molar-refractivity contribution in [3.05, 3.63) is 59.8 Å². The maximum Gasteiger partial charge on any atom is 0.218 e. The van der Waals surface area contributed by atoms with Gasteiger partial charge in [-0.25, -0.2) is 9.98 Å². The molecule has 0 bridgehead atoms. The van der Waals surface area contributed by atoms with Crippen LogP contribution in [-0.2, 0) is 13.2 Å². The summed E-state index contributed by atoms with van der Waals surface area (Å²) < 4.78 is 5.96. The zero-order valence-electron chi connectivity index (χ0n) is 18.0. The molecule has 1 aromatic heterocycles. The number of guanidine groups is 1. The van der Waals surface area contributed by atoms with Crippen LogP contribution in [0, 0.1) is 0 Å². The third-order valence-electron chi connectivity index (χ3n) is 5.23. The Balaban J connectivity index is 0.00000320. The molecule has 0 aliphatic carbocycles. The molecule has 6 nitrogen and oxygen atoms in total. The number of aliphatic imine (C=N–C) groups is 1. The highest BCUT2D eigenvalue weighted by Gasteiger charge is 2.22. The molecule has 1 unspecified atom stereocenters. The molecule has 7 heteroatoms. The summed E-state index contributed by atoms with van der Waals surface area (Å²) in [5.74, 6) is 1.48. The molecule has 2 heterocycles. The van der Waals surface area contributed by atoms with Crippen LogP contribution >= 0.6 is 24.0 Å². The van der Waals surface area contributed by atoms with E-state index in [4.69, 9.17) is 9.73 Å². The Morgan fingerprint density at radius 2 is 2.00 bits per heavy atom. The number of ether oxygens (including phenoxy) is 1. The minimum absolute atomic E-state index is 0. The number of likely N-dealkylation sites (tertiary alicyclic amines) is 1. The van der Waals surface area contributed by atoms with Crippen LogP contribution in [0.3, 0.4) is 0 Å². The Bertz CT molecular complexity index is 771. The smallest absolute Gasteiger partial charge is 0.218 e. The van der Waals surface area contributed by atoms with E-state index in [9.17, 15) is 0 Å². The summed E-state index contributed by atoms with van der Waals surface area (Å²) in [6.07, 6.45) is 4.29. The maximum atomic E-state index is 5.96. The van der Waals surface area contributed by atoms with Crippen molar-refractivity contribution in [1.82, 2.24) is 20.5 Å². The summed E-state index contributed by atoms with van der Waals surface area (Å²) in [6.45, 7) is 9.41. The summed E-state index contributed by atoms with van der Waals surface area (Å²) in [6, 6.07) is 14.7. The van der Waals surface area contributed by atoms with E-state index in [1.54, 1.807) is 6.20 Å². The predicted octanol–water partition coefficient (Wildman–Crippen LogP) is 3.82. The third-order valence-corrected chi connectivity index (χ3v) is 5.23. The quantitative estimate of drug-likeness (QED) is 0.298. The van der Waals surface area contributed by atoms with E-state index in [0.29, 0.717) is 25.1 Å². The molecule has 0 amide bonds. The Kier molecular flexibility index (Phi) is 10.9. The van der Waals surface area contributed by atoms with Crippen LogP contribution in [0.2, 0.25) is 0 Å². The zero-order chi connectivity index (χ0) is 20.3. The summed E-state index contributed by atoms with van der Waals surface area (Å²) in [7, 11) is 0. The maximum absolute atomic E-state index is 5.96. The van der Waals surface area contributed by atoms with Gasteiger partial charge in [-0.3, -0.25) is 4.90 Å². The first-order valence-electron chi connectivity index (χ1n) is 10.7. The minimum atomic E-state index is 0. The van der Waals surface area contributed by atoms with Gasteiger partial charge in [0.05, 0.1) is 6.54 Å². The minimum Gasteiger partial charge on any atom is -0.473 e. The van der Waals surface area contributed by atoms with Gasteiger partial charge < -0.3 is 15.4 Å². The van der Waals surface area contributed by atoms with E-state index >= 15 is 0 Å². The van der Waals surface area contributed by atoms with Crippen LogP contribution in [0.4, 0.5) is 0 Å². The molecule has 2 N–H and O–H groups in total. The van der Waals surface area contributed by atoms with Crippen molar-refractivity contribution >= 4 is 29.9 Å². The molecule has 164 valence electrons. The molecular formula is C23H34IN5O. The number of halogens is 1. The third kappa shape index (κ3) is 7.43. The molecule has 0 saturated carbocycles. The first-order chi connectivity index (χ1) is 14.3. The van der Waals surface area contributed by atoms with Gasteiger partial charge in [-0.15, -0.1) is 24.0 Å². The summed E-state index contributed by atoms with van der Waals surface area (Å²) in [5, 5.41) is 6.86. The zero-order valence-corrected chi connectivity index (χ0v) is 20.3. The van der Waals surface area contributed by atoms with Gasteiger partial charge in [0.25, 0.3) is 0 Å². The fourth-order valence-electron chi connectivity index (χ4n) is 3.66. The van der Waals surface area contributed by atoms with Crippen molar-refractivity contribution in [3.63, 3.8) is 0 Å². The van der Waals surface area contributed by atoms with Crippen LogP contribution in [0.25, 0.3) is 0 Å². The van der Waals surface area contributed by atoms with Gasteiger partial charge >= 0.3 is 0 Å². The van der Waals surface area contributed by atoms with Crippen LogP contribution in [0.5, 0.6) is 5.88 Å². The molecule has 1 aliphatic rings. The van der Waals surface area contributed by atoms with Gasteiger partial charge in [0.15, 0.2) is 5.96 Å². The lowest BCUT2D eigenvalue weighted by Crippen LogP contribution is -2.44. The number of likely N-dealkylation sites (N-methyl/N-ethyl adjacent to an activating group) is 1. The second-order valence-electron chi connectivity index (χ2n) is 7.24. The molecule has 1 saturated heterocycles. The number of pyridine rings is 1. The van der Waals surface area contributed by atoms with Gasteiger partial charge in [0.2, 0.25) is 5.88 Å². The first-order valence-corrected chi connectivity index (χ1v) is 10.7. The number of rotatable bonds is 9. The summed E-state index contributed by atoms with van der Waals surface area (Å²) >= 11 is 0. The van der Waals surface area contributed by atoms with Crippen LogP contribution in [-0.4, -0.2) is 48.1 Å². The predicted molar refractivity (Wildman–Crippen MR) is 134 cm³/mol. The fourth-order valence-corrected chi connectivity index (χ4v) is 3.66. The number of nitrogens with zero attached hydrogens (tertiary/aromatic N) is 3. The van der Waals surface area contributed by atoms with Gasteiger partial charge in [-0.1, -0.05) is 43.3 Å². The van der Waals surface area contributed by atoms with E-state index in [0.717, 1.165) is 36.7 Å². The van der Waals surface area contributed by atoms with Gasteiger partial charge in [-0.2, -0.15) is 0 Å². The fraction of sp³-hybridized carbons (Fsp3) is 0.478. The normalized spacial score (nSPS) is 16.7. The van der Waals surface area contributed by atoms with Crippen molar-refractivity contribution < 1.29 is 4.74 Å². The Morgan fingerprint density at radius 1 is 1.17 bits per heavy atom. The van der Waals surface area contributed by atoms with Crippen molar-refractivity contribution in [3.8, 4) is 5.88 Å². The highest BCUT2D eigenvalue weighted by atomic mass is 127. The molecular weight excluding hydrogens is 489 g/mol. The SMILES string of the molecule is CCNC(=NCc1cccnc1OCc1ccccc1)NCC1CCCN1CC.I. The second-order valence-corrected chi connectivity index (χ2v) is 7.24. The first kappa shape index (κ1) is 24.4. The van der Waals surface area contributed by atoms with Gasteiger partial charge in [-0.05, 0) is 44.5 Å². The van der Waals surface area contributed by atoms with E-state index in [1.165, 1.54) is 19.4 Å². The number of aromatic nitrogens is 1. The molecule has 2 aromatic rings. The van der Waals surface area contributed by atoms with Crippen molar-refractivity contribution in [1.29, 1.82) is 0 Å². The van der Waals surface area contributed by atoms with Crippen molar-refractivity contribution in [2.75, 3.05) is 26.2 Å². The lowest BCUT2D eigenvalue weighted by molar-refractivity contribution is 0.267. The average molecular weight is 523 g/mol. The van der Waals surface area contributed by atoms with Crippen molar-refractivity contribution in [2.45, 2.75) is 45.9 Å². The second kappa shape index (κ2) is 13.4. The number of benzene rings is 1. The largest absolute Gasteiger partial charge is 0.473 e. The topological polar surface area (TPSA) is 61.8 Å². The number of hydrogen-bond donors (Lipinski definition) is 2. The van der Waals surface area contributed by atoms with Gasteiger partial charge in [0, 0.05) is 30.9 Å². The number of hydrogen-bond acceptors (Lipinski definition) is 4. The monoisotopic (exact) mass is 523 g/mol. The van der Waals surface area contributed by atoms with Gasteiger partial charge in [0.1, 0.15) is 6.61 Å². The van der Waals surface area contributed by atoms with Crippen LogP contribution in [0.1, 0.15) is 37.8 Å². The molecule has 1 aliphatic heterocycles. The molecule has 3 rings (SSSR count). The molecule has 1 aromatic carbocycles. The van der Waals surface area contributed by atoms with Crippen molar-refractivity contribution in [2.24, 2.45) is 4.99 Å². The summed E-state index contributed by atoms with van der Waals surface area (Å²) in [4.78, 5) is 11.7. The lowest BCUT2D eigenvalue weighted by Gasteiger charge is -2.24. The Labute approximate surface area is 197 Å². The molecule has 0 radical (unpaired) electrons. The molecule has 1 fully saturated rings. The lowest BCUT2D eigenvalue weighted by atomic mass is 10.2. The highest BCUT2D eigenvalue weighted by molar-refractivity contribution is 14.0. The standard InChI is InChI=1S/C23H33N5O.HI/c1-3-24-23(27-17-21-13-9-15-28(21)4-2)26-16-20-12-8-14-25-22(20)29-18-19-10-6-5-7-11-19;/h5-8,10-12,14,21H,3-4,9,13,15-18H2,1-2H3,(H2,24,26,27);1H. The van der Waals surface area contributed by atoms with E-state index in [2.05, 4.69) is 46.5 Å². The summed E-state index contributed by atoms with van der Waals surface area (Å²) in [5.41, 5.74) is 2.11. The molecule has 0 spiro atoms. The Hall–Kier alpha value is -1.87. The van der Waals surface area contributed by atoms with E-state index in [-0.39, 0.29) is 24.0 Å². The van der Waals surface area contributed by atoms with Crippen LogP contribution < -0.4 is 15.4 Å². The average Bonchev–Trinajstić information content (AvgIpc) is 3.23. The van der Waals surface area contributed by atoms with Crippen LogP contribution in [0.15, 0.2) is 53.7 Å².